The Labute approximate surface area is 84.0 Å². The molecule has 0 N–H and O–H groups in total. The third-order valence-corrected chi connectivity index (χ3v) is 1.89. The number of alkyl halides is 5. The van der Waals surface area contributed by atoms with Crippen LogP contribution in [0.5, 0.6) is 0 Å². The van der Waals surface area contributed by atoms with E-state index in [9.17, 15) is 22.0 Å². The van der Waals surface area contributed by atoms with E-state index in [1.807, 2.05) is 0 Å². The molecule has 0 aromatic heterocycles. The normalized spacial score (nSPS) is 27.9. The average Bonchev–Trinajstić information content (AvgIpc) is 2.25. The predicted molar refractivity (Wildman–Crippen MR) is 43.7 cm³/mol. The van der Waals surface area contributed by atoms with Crippen molar-refractivity contribution in [3.8, 4) is 0 Å². The van der Waals surface area contributed by atoms with E-state index in [0.717, 1.165) is 6.08 Å². The highest BCUT2D eigenvalue weighted by atomic mass is 19.3. The molecule has 0 bridgehead atoms. The summed E-state index contributed by atoms with van der Waals surface area (Å²) < 4.78 is 68.3. The Morgan fingerprint density at radius 1 is 1.33 bits per heavy atom. The van der Waals surface area contributed by atoms with Gasteiger partial charge in [0.15, 0.2) is 5.76 Å². The maximum atomic E-state index is 12.9. The van der Waals surface area contributed by atoms with Crippen LogP contribution in [0, 0.1) is 0 Å². The van der Waals surface area contributed by atoms with E-state index in [1.54, 1.807) is 0 Å². The van der Waals surface area contributed by atoms with Crippen LogP contribution < -0.4 is 0 Å². The molecule has 7 heteroatoms. The predicted octanol–water partition coefficient (Wildman–Crippen LogP) is 2.19. The molecule has 0 fully saturated rings. The zero-order valence-corrected chi connectivity index (χ0v) is 7.44. The molecule has 0 spiro atoms. The highest BCUT2D eigenvalue weighted by molar-refractivity contribution is 6.23. The smallest absolute Gasteiger partial charge is 0.340 e. The molecule has 1 atom stereocenters. The van der Waals surface area contributed by atoms with Gasteiger partial charge in [0.05, 0.1) is 0 Å². The van der Waals surface area contributed by atoms with Crippen molar-refractivity contribution >= 4 is 7.85 Å². The monoisotopic (exact) mass is 224 g/mol. The SMILES string of the molecule is [B]C1=C(OCC=C)C(F)(F)C(F)C1(F)F. The van der Waals surface area contributed by atoms with Crippen LogP contribution in [0.15, 0.2) is 23.9 Å². The molecule has 0 saturated carbocycles. The molecular weight excluding hydrogens is 218 g/mol. The van der Waals surface area contributed by atoms with Crippen LogP contribution in [-0.4, -0.2) is 32.5 Å². The lowest BCUT2D eigenvalue weighted by atomic mass is 9.91. The van der Waals surface area contributed by atoms with Crippen molar-refractivity contribution in [3.05, 3.63) is 23.9 Å². The summed E-state index contributed by atoms with van der Waals surface area (Å²) in [7, 11) is 4.71. The van der Waals surface area contributed by atoms with Crippen LogP contribution in [0.3, 0.4) is 0 Å². The summed E-state index contributed by atoms with van der Waals surface area (Å²) in [5, 5.41) is 0. The molecule has 1 rings (SSSR count). The highest BCUT2D eigenvalue weighted by Gasteiger charge is 2.66. The van der Waals surface area contributed by atoms with E-state index in [2.05, 4.69) is 11.3 Å². The Balaban J connectivity index is 3.09. The van der Waals surface area contributed by atoms with Gasteiger partial charge in [-0.1, -0.05) is 12.7 Å². The largest absolute Gasteiger partial charge is 0.488 e. The van der Waals surface area contributed by atoms with Crippen molar-refractivity contribution in [3.63, 3.8) is 0 Å². The first-order valence-electron chi connectivity index (χ1n) is 3.90. The lowest BCUT2D eigenvalue weighted by Gasteiger charge is -2.18. The van der Waals surface area contributed by atoms with Crippen LogP contribution in [0.4, 0.5) is 22.0 Å². The van der Waals surface area contributed by atoms with Crippen LogP contribution in [-0.2, 0) is 4.74 Å². The Bertz CT molecular complexity index is 312. The van der Waals surface area contributed by atoms with Gasteiger partial charge in [-0.25, -0.2) is 4.39 Å². The van der Waals surface area contributed by atoms with Crippen LogP contribution in [0.1, 0.15) is 0 Å². The van der Waals surface area contributed by atoms with Crippen molar-refractivity contribution in [1.29, 1.82) is 0 Å². The standard InChI is InChI=1S/C8H6BF5O/c1-2-3-15-5-4(9)7(11,12)6(10)8(5,13)14/h2,6H,1,3H2. The molecule has 0 saturated heterocycles. The first-order chi connectivity index (χ1) is 6.76. The number of allylic oxidation sites excluding steroid dienone is 2. The fourth-order valence-electron chi connectivity index (χ4n) is 1.13. The van der Waals surface area contributed by atoms with Crippen LogP contribution in [0.2, 0.25) is 0 Å². The molecule has 0 aromatic carbocycles. The molecule has 2 radical (unpaired) electrons. The molecule has 1 aliphatic rings. The molecular formula is C8H6BF5O. The summed E-state index contributed by atoms with van der Waals surface area (Å²) in [6.45, 7) is 2.69. The first kappa shape index (κ1) is 12.1. The Hall–Kier alpha value is -1.01. The van der Waals surface area contributed by atoms with Gasteiger partial charge in [-0.2, -0.15) is 17.6 Å². The molecule has 0 aromatic rings. The van der Waals surface area contributed by atoms with E-state index in [0.29, 0.717) is 0 Å². The minimum absolute atomic E-state index is 0.450. The van der Waals surface area contributed by atoms with Gasteiger partial charge < -0.3 is 4.74 Å². The van der Waals surface area contributed by atoms with Crippen LogP contribution >= 0.6 is 0 Å². The molecule has 15 heavy (non-hydrogen) atoms. The molecule has 1 unspecified atom stereocenters. The third-order valence-electron chi connectivity index (χ3n) is 1.89. The van der Waals surface area contributed by atoms with Gasteiger partial charge in [0.2, 0.25) is 6.17 Å². The summed E-state index contributed by atoms with van der Waals surface area (Å²) in [5.41, 5.74) is -1.57. The van der Waals surface area contributed by atoms with Crippen molar-refractivity contribution in [2.45, 2.75) is 18.0 Å². The molecule has 0 heterocycles. The van der Waals surface area contributed by atoms with Crippen LogP contribution in [0.25, 0.3) is 0 Å². The fourth-order valence-corrected chi connectivity index (χ4v) is 1.13. The second-order valence-electron chi connectivity index (χ2n) is 2.95. The lowest BCUT2D eigenvalue weighted by Crippen LogP contribution is -2.38. The minimum atomic E-state index is -4.41. The van der Waals surface area contributed by atoms with Crippen molar-refractivity contribution in [2.75, 3.05) is 6.61 Å². The summed E-state index contributed by atoms with van der Waals surface area (Å²) in [5.74, 6) is -10.3. The highest BCUT2D eigenvalue weighted by Crippen LogP contribution is 2.50. The Morgan fingerprint density at radius 2 is 1.87 bits per heavy atom. The number of hydrogen-bond donors (Lipinski definition) is 0. The molecule has 1 aliphatic carbocycles. The zero-order valence-electron chi connectivity index (χ0n) is 7.44. The lowest BCUT2D eigenvalue weighted by molar-refractivity contribution is -0.133. The number of hydrogen-bond acceptors (Lipinski definition) is 1. The Kier molecular flexibility index (Phi) is 2.84. The summed E-state index contributed by atoms with van der Waals surface area (Å²) in [4.78, 5) is 0. The van der Waals surface area contributed by atoms with E-state index in [1.165, 1.54) is 0 Å². The van der Waals surface area contributed by atoms with Gasteiger partial charge in [-0.15, -0.1) is 0 Å². The van der Waals surface area contributed by atoms with E-state index < -0.39 is 35.9 Å². The van der Waals surface area contributed by atoms with Gasteiger partial charge in [0.1, 0.15) is 14.5 Å². The zero-order chi connectivity index (χ0) is 11.9. The van der Waals surface area contributed by atoms with Gasteiger partial charge in [-0.05, 0) is 5.47 Å². The first-order valence-corrected chi connectivity index (χ1v) is 3.90. The second-order valence-corrected chi connectivity index (χ2v) is 2.95. The minimum Gasteiger partial charge on any atom is -0.488 e. The van der Waals surface area contributed by atoms with E-state index in [-0.39, 0.29) is 0 Å². The second kappa shape index (κ2) is 3.54. The topological polar surface area (TPSA) is 9.23 Å². The Morgan fingerprint density at radius 3 is 2.20 bits per heavy atom. The maximum Gasteiger partial charge on any atom is 0.340 e. The quantitative estimate of drug-likeness (QED) is 0.405. The number of halogens is 5. The maximum absolute atomic E-state index is 12.9. The average molecular weight is 224 g/mol. The van der Waals surface area contributed by atoms with Gasteiger partial charge in [-0.3, -0.25) is 0 Å². The van der Waals surface area contributed by atoms with Gasteiger partial charge >= 0.3 is 11.8 Å². The summed E-state index contributed by atoms with van der Waals surface area (Å²) in [6, 6.07) is 0. The fraction of sp³-hybridized carbons (Fsp3) is 0.500. The number of rotatable bonds is 3. The third kappa shape index (κ3) is 1.64. The molecule has 1 nitrogen and oxygen atoms in total. The number of ether oxygens (including phenoxy) is 1. The van der Waals surface area contributed by atoms with E-state index in [4.69, 9.17) is 7.85 Å². The molecule has 82 valence electrons. The van der Waals surface area contributed by atoms with Gasteiger partial charge in [0.25, 0.3) is 0 Å². The van der Waals surface area contributed by atoms with Crippen molar-refractivity contribution < 1.29 is 26.7 Å². The summed E-state index contributed by atoms with van der Waals surface area (Å²) >= 11 is 0. The van der Waals surface area contributed by atoms with E-state index >= 15 is 0 Å². The molecule has 0 amide bonds. The molecule has 0 aliphatic heterocycles. The van der Waals surface area contributed by atoms with Crippen molar-refractivity contribution in [1.82, 2.24) is 0 Å². The van der Waals surface area contributed by atoms with Gasteiger partial charge in [0, 0.05) is 0 Å². The summed E-state index contributed by atoms with van der Waals surface area (Å²) in [6.07, 6.45) is -2.63. The van der Waals surface area contributed by atoms with Crippen molar-refractivity contribution in [2.24, 2.45) is 0 Å².